The van der Waals surface area contributed by atoms with Crippen LogP contribution in [0.15, 0.2) is 0 Å². The van der Waals surface area contributed by atoms with Crippen molar-refractivity contribution in [3.8, 4) is 0 Å². The van der Waals surface area contributed by atoms with Gasteiger partial charge in [0, 0.05) is 33.6 Å². The Labute approximate surface area is 168 Å². The van der Waals surface area contributed by atoms with Gasteiger partial charge >= 0.3 is 23.9 Å². The van der Waals surface area contributed by atoms with Gasteiger partial charge in [-0.25, -0.2) is 0 Å². The highest BCUT2D eigenvalue weighted by Crippen LogP contribution is 2.28. The Morgan fingerprint density at radius 3 is 1.79 bits per heavy atom. The molecule has 1 amide bonds. The summed E-state index contributed by atoms with van der Waals surface area (Å²) < 4.78 is 26.2. The molecule has 0 spiro atoms. The van der Waals surface area contributed by atoms with Gasteiger partial charge in [0.25, 0.3) is 0 Å². The smallest absolute Gasteiger partial charge is 0.305 e. The monoisotopic (exact) mass is 417 g/mol. The van der Waals surface area contributed by atoms with Gasteiger partial charge in [-0.1, -0.05) is 13.8 Å². The Bertz CT molecular complexity index is 647. The first-order chi connectivity index (χ1) is 13.4. The summed E-state index contributed by atoms with van der Waals surface area (Å²) in [6.07, 6.45) is -5.13. The first-order valence-electron chi connectivity index (χ1n) is 9.03. The van der Waals surface area contributed by atoms with Crippen LogP contribution in [0.1, 0.15) is 41.5 Å². The van der Waals surface area contributed by atoms with Crippen molar-refractivity contribution in [2.24, 2.45) is 5.92 Å². The molecular formula is C18H27NO10. The largest absolute Gasteiger partial charge is 0.463 e. The summed E-state index contributed by atoms with van der Waals surface area (Å²) in [5.41, 5.74) is 0. The van der Waals surface area contributed by atoms with Crippen LogP contribution in [-0.2, 0) is 47.7 Å². The van der Waals surface area contributed by atoms with Crippen molar-refractivity contribution in [3.05, 3.63) is 0 Å². The molecule has 0 aliphatic carbocycles. The van der Waals surface area contributed by atoms with E-state index >= 15 is 0 Å². The fraction of sp³-hybridized carbons (Fsp3) is 0.722. The molecule has 1 fully saturated rings. The number of ether oxygens (including phenoxy) is 5. The van der Waals surface area contributed by atoms with Crippen molar-refractivity contribution in [1.82, 2.24) is 5.32 Å². The van der Waals surface area contributed by atoms with E-state index in [0.717, 1.165) is 20.8 Å². The molecule has 0 aromatic rings. The molecule has 0 aromatic carbocycles. The van der Waals surface area contributed by atoms with Gasteiger partial charge in [0.15, 0.2) is 6.10 Å². The molecule has 1 saturated heterocycles. The van der Waals surface area contributed by atoms with Crippen molar-refractivity contribution in [2.75, 3.05) is 6.61 Å². The van der Waals surface area contributed by atoms with Crippen molar-refractivity contribution in [1.29, 1.82) is 0 Å². The lowest BCUT2D eigenvalue weighted by atomic mass is 9.95. The minimum absolute atomic E-state index is 0.333. The summed E-state index contributed by atoms with van der Waals surface area (Å²) in [5.74, 6) is -3.68. The fourth-order valence-electron chi connectivity index (χ4n) is 2.66. The quantitative estimate of drug-likeness (QED) is 0.438. The third-order valence-electron chi connectivity index (χ3n) is 3.83. The van der Waals surface area contributed by atoms with E-state index in [-0.39, 0.29) is 6.61 Å². The van der Waals surface area contributed by atoms with Crippen LogP contribution in [0, 0.1) is 5.92 Å². The number of hydrogen-bond acceptors (Lipinski definition) is 10. The van der Waals surface area contributed by atoms with E-state index in [1.807, 2.05) is 0 Å². The lowest BCUT2D eigenvalue weighted by Crippen LogP contribution is -2.67. The van der Waals surface area contributed by atoms with Gasteiger partial charge in [0.05, 0.1) is 6.04 Å². The number of carbonyl (C=O) groups is 5. The topological polar surface area (TPSA) is 144 Å². The number of nitrogens with one attached hydrogen (secondary N) is 1. The third kappa shape index (κ3) is 7.68. The summed E-state index contributed by atoms with van der Waals surface area (Å²) in [6, 6.07) is -1.05. The first kappa shape index (κ1) is 24.3. The second kappa shape index (κ2) is 10.7. The van der Waals surface area contributed by atoms with Gasteiger partial charge in [-0.15, -0.1) is 0 Å². The molecule has 0 unspecified atom stereocenters. The maximum atomic E-state index is 12.3. The minimum atomic E-state index is -1.45. The molecule has 0 aromatic heterocycles. The van der Waals surface area contributed by atoms with Gasteiger partial charge in [-0.05, 0) is 0 Å². The lowest BCUT2D eigenvalue weighted by molar-refractivity contribution is -0.278. The second-order valence-electron chi connectivity index (χ2n) is 6.79. The maximum Gasteiger partial charge on any atom is 0.305 e. The van der Waals surface area contributed by atoms with Crippen LogP contribution >= 0.6 is 0 Å². The van der Waals surface area contributed by atoms with Crippen molar-refractivity contribution >= 4 is 29.8 Å². The fourth-order valence-corrected chi connectivity index (χ4v) is 2.66. The number of rotatable bonds is 7. The van der Waals surface area contributed by atoms with Crippen molar-refractivity contribution in [2.45, 2.75) is 72.2 Å². The van der Waals surface area contributed by atoms with E-state index in [2.05, 4.69) is 5.32 Å². The van der Waals surface area contributed by atoms with Crippen LogP contribution in [0.4, 0.5) is 0 Å². The summed E-state index contributed by atoms with van der Waals surface area (Å²) in [5, 5.41) is 2.66. The van der Waals surface area contributed by atoms with Gasteiger partial charge < -0.3 is 29.0 Å². The maximum absolute atomic E-state index is 12.3. The van der Waals surface area contributed by atoms with Gasteiger partial charge in [-0.3, -0.25) is 24.0 Å². The SMILES string of the molecule is CC(=O)OC[C@H]1O[C@H](OC(C)=O)[C@H](OC(C)=O)[C@@H](OC(C)=O)[C@@H]1NC(=O)C(C)C. The van der Waals surface area contributed by atoms with Crippen LogP contribution in [-0.4, -0.2) is 67.0 Å². The predicted molar refractivity (Wildman–Crippen MR) is 94.9 cm³/mol. The van der Waals surface area contributed by atoms with Crippen LogP contribution in [0.3, 0.4) is 0 Å². The first-order valence-corrected chi connectivity index (χ1v) is 9.03. The Balaban J connectivity index is 3.35. The summed E-state index contributed by atoms with van der Waals surface area (Å²) in [4.78, 5) is 58.3. The van der Waals surface area contributed by atoms with E-state index in [0.29, 0.717) is 0 Å². The van der Waals surface area contributed by atoms with Crippen LogP contribution in [0.25, 0.3) is 0 Å². The summed E-state index contributed by atoms with van der Waals surface area (Å²) in [6.45, 7) is 7.49. The number of carbonyl (C=O) groups excluding carboxylic acids is 5. The van der Waals surface area contributed by atoms with Crippen molar-refractivity contribution < 1.29 is 47.7 Å². The number of esters is 4. The van der Waals surface area contributed by atoms with E-state index < -0.39 is 66.3 Å². The van der Waals surface area contributed by atoms with Crippen LogP contribution < -0.4 is 5.32 Å². The molecule has 29 heavy (non-hydrogen) atoms. The van der Waals surface area contributed by atoms with E-state index in [1.165, 1.54) is 6.92 Å². The third-order valence-corrected chi connectivity index (χ3v) is 3.83. The molecule has 5 atom stereocenters. The van der Waals surface area contributed by atoms with Crippen LogP contribution in [0.2, 0.25) is 0 Å². The zero-order valence-corrected chi connectivity index (χ0v) is 17.3. The average Bonchev–Trinajstić information content (AvgIpc) is 2.56. The zero-order valence-electron chi connectivity index (χ0n) is 17.3. The molecular weight excluding hydrogens is 390 g/mol. The van der Waals surface area contributed by atoms with Crippen LogP contribution in [0.5, 0.6) is 0 Å². The Kier molecular flexibility index (Phi) is 9.02. The summed E-state index contributed by atoms with van der Waals surface area (Å²) >= 11 is 0. The molecule has 0 saturated carbocycles. The summed E-state index contributed by atoms with van der Waals surface area (Å²) in [7, 11) is 0. The van der Waals surface area contributed by atoms with Gasteiger partial charge in [0.2, 0.25) is 18.3 Å². The molecule has 1 heterocycles. The highest BCUT2D eigenvalue weighted by molar-refractivity contribution is 5.78. The zero-order chi connectivity index (χ0) is 22.3. The molecule has 1 aliphatic rings. The molecule has 1 rings (SSSR count). The number of amides is 1. The van der Waals surface area contributed by atoms with Gasteiger partial charge in [-0.2, -0.15) is 0 Å². The minimum Gasteiger partial charge on any atom is -0.463 e. The molecule has 1 N–H and O–H groups in total. The van der Waals surface area contributed by atoms with Crippen molar-refractivity contribution in [3.63, 3.8) is 0 Å². The highest BCUT2D eigenvalue weighted by Gasteiger charge is 2.52. The van der Waals surface area contributed by atoms with E-state index in [9.17, 15) is 24.0 Å². The molecule has 1 aliphatic heterocycles. The molecule has 0 radical (unpaired) electrons. The average molecular weight is 417 g/mol. The Morgan fingerprint density at radius 2 is 1.34 bits per heavy atom. The predicted octanol–water partition coefficient (Wildman–Crippen LogP) is -0.158. The van der Waals surface area contributed by atoms with E-state index in [1.54, 1.807) is 13.8 Å². The molecule has 11 nitrogen and oxygen atoms in total. The lowest BCUT2D eigenvalue weighted by Gasteiger charge is -2.44. The van der Waals surface area contributed by atoms with Gasteiger partial charge in [0.1, 0.15) is 12.7 Å². The Morgan fingerprint density at radius 1 is 0.828 bits per heavy atom. The second-order valence-corrected chi connectivity index (χ2v) is 6.79. The standard InChI is InChI=1S/C18H27NO10/c1-8(2)17(24)19-14-13(7-25-9(3)20)29-18(28-12(6)23)16(27-11(5)22)15(14)26-10(4)21/h8,13-16,18H,7H2,1-6H3,(H,19,24)/t13-,14-,15+,16-,18+/m1/s1. The van der Waals surface area contributed by atoms with E-state index in [4.69, 9.17) is 23.7 Å². The molecule has 0 bridgehead atoms. The molecule has 164 valence electrons. The highest BCUT2D eigenvalue weighted by atomic mass is 16.7. The normalized spacial score (nSPS) is 26.2. The number of hydrogen-bond donors (Lipinski definition) is 1. The Hall–Kier alpha value is -2.69. The molecule has 11 heteroatoms.